The van der Waals surface area contributed by atoms with Crippen molar-refractivity contribution in [2.75, 3.05) is 39.5 Å². The van der Waals surface area contributed by atoms with Gasteiger partial charge in [-0.15, -0.1) is 0 Å². The molecule has 1 aliphatic carbocycles. The first kappa shape index (κ1) is 22.8. The normalized spacial score (nSPS) is 16.6. The Kier molecular flexibility index (Phi) is 7.37. The van der Waals surface area contributed by atoms with Gasteiger partial charge in [0.1, 0.15) is 12.4 Å². The minimum Gasteiger partial charge on any atom is -0.491 e. The molecule has 2 heterocycles. The number of rotatable bonds is 8. The zero-order valence-electron chi connectivity index (χ0n) is 19.7. The average Bonchev–Trinajstić information content (AvgIpc) is 3.31. The number of aromatic amines is 1. The summed E-state index contributed by atoms with van der Waals surface area (Å²) in [6, 6.07) is 12.4. The summed E-state index contributed by atoms with van der Waals surface area (Å²) in [6.07, 6.45) is 10.1. The number of nitrogens with one attached hydrogen (secondary N) is 1. The van der Waals surface area contributed by atoms with E-state index in [-0.39, 0.29) is 5.78 Å². The highest BCUT2D eigenvalue weighted by Gasteiger charge is 2.17. The lowest BCUT2D eigenvalue weighted by molar-refractivity contribution is 0.0322. The summed E-state index contributed by atoms with van der Waals surface area (Å²) in [6.45, 7) is 4.72. The van der Waals surface area contributed by atoms with Crippen molar-refractivity contribution in [1.82, 2.24) is 15.1 Å². The molecule has 0 amide bonds. The summed E-state index contributed by atoms with van der Waals surface area (Å²) in [7, 11) is 0. The van der Waals surface area contributed by atoms with E-state index in [0.29, 0.717) is 24.3 Å². The molecule has 2 aliphatic rings. The quantitative estimate of drug-likeness (QED) is 0.397. The van der Waals surface area contributed by atoms with Gasteiger partial charge in [-0.2, -0.15) is 5.10 Å². The number of hydrogen-bond donors (Lipinski definition) is 1. The molecule has 1 saturated heterocycles. The number of fused-ring (bicyclic) bond motifs is 1. The number of ketones is 1. The summed E-state index contributed by atoms with van der Waals surface area (Å²) in [5.74, 6) is 0.736. The largest absolute Gasteiger partial charge is 0.491 e. The maximum absolute atomic E-state index is 13.4. The number of benzene rings is 2. The zero-order valence-corrected chi connectivity index (χ0v) is 19.7. The monoisotopic (exact) mass is 459 g/mol. The zero-order chi connectivity index (χ0) is 23.2. The molecule has 1 aliphatic heterocycles. The van der Waals surface area contributed by atoms with E-state index in [9.17, 15) is 4.79 Å². The Balaban J connectivity index is 1.33. The maximum atomic E-state index is 13.4. The van der Waals surface area contributed by atoms with E-state index in [1.54, 1.807) is 6.20 Å². The SMILES string of the molecule is O=C(Cc1ccc2c(c1)CCCCC2)c1ccc(-c2cn[nH]c2)cc1OCCN1CCOCC1. The Bertz CT molecular complexity index is 1100. The number of aryl methyl sites for hydroxylation is 2. The predicted octanol–water partition coefficient (Wildman–Crippen LogP) is 4.48. The molecule has 0 bridgehead atoms. The van der Waals surface area contributed by atoms with Gasteiger partial charge >= 0.3 is 0 Å². The summed E-state index contributed by atoms with van der Waals surface area (Å²) in [5.41, 5.74) is 6.55. The van der Waals surface area contributed by atoms with Crippen molar-refractivity contribution in [3.05, 3.63) is 71.0 Å². The second kappa shape index (κ2) is 11.0. The minimum atomic E-state index is 0.0914. The van der Waals surface area contributed by atoms with E-state index in [1.807, 2.05) is 24.4 Å². The Hall–Kier alpha value is -2.96. The first-order valence-corrected chi connectivity index (χ1v) is 12.5. The van der Waals surface area contributed by atoms with Crippen LogP contribution in [0.5, 0.6) is 5.75 Å². The fourth-order valence-corrected chi connectivity index (χ4v) is 4.92. The number of carbonyl (C=O) groups excluding carboxylic acids is 1. The van der Waals surface area contributed by atoms with Crippen molar-refractivity contribution in [3.63, 3.8) is 0 Å². The Morgan fingerprint density at radius 1 is 1.00 bits per heavy atom. The molecule has 2 aromatic carbocycles. The standard InChI is InChI=1S/C28H33N3O3/c32-27(17-21-6-7-22-4-2-1-3-5-23(22)16-21)26-9-8-24(25-19-29-30-20-25)18-28(26)34-15-12-31-10-13-33-14-11-31/h6-9,16,18-20H,1-5,10-15,17H2,(H,29,30). The highest BCUT2D eigenvalue weighted by Crippen LogP contribution is 2.29. The molecule has 6 nitrogen and oxygen atoms in total. The molecule has 0 unspecified atom stereocenters. The molecule has 34 heavy (non-hydrogen) atoms. The van der Waals surface area contributed by atoms with E-state index in [4.69, 9.17) is 9.47 Å². The third-order valence-electron chi connectivity index (χ3n) is 6.91. The number of aromatic nitrogens is 2. The second-order valence-electron chi connectivity index (χ2n) is 9.26. The molecule has 3 aromatic rings. The molecule has 1 aromatic heterocycles. The molecule has 1 N–H and O–H groups in total. The number of nitrogens with zero attached hydrogens (tertiary/aromatic N) is 2. The lowest BCUT2D eigenvalue weighted by Crippen LogP contribution is -2.38. The summed E-state index contributed by atoms with van der Waals surface area (Å²) in [4.78, 5) is 15.7. The molecule has 6 heteroatoms. The van der Waals surface area contributed by atoms with Crippen LogP contribution in [0.4, 0.5) is 0 Å². The van der Waals surface area contributed by atoms with Crippen LogP contribution in [0.3, 0.4) is 0 Å². The van der Waals surface area contributed by atoms with Crippen LogP contribution in [-0.4, -0.2) is 60.3 Å². The van der Waals surface area contributed by atoms with Crippen LogP contribution in [0.2, 0.25) is 0 Å². The molecule has 5 rings (SSSR count). The van der Waals surface area contributed by atoms with Crippen LogP contribution in [-0.2, 0) is 24.0 Å². The smallest absolute Gasteiger partial charge is 0.170 e. The first-order valence-electron chi connectivity index (χ1n) is 12.5. The van der Waals surface area contributed by atoms with Crippen LogP contribution >= 0.6 is 0 Å². The van der Waals surface area contributed by atoms with Crippen molar-refractivity contribution in [2.24, 2.45) is 0 Å². The number of H-pyrrole nitrogens is 1. The summed E-state index contributed by atoms with van der Waals surface area (Å²) < 4.78 is 11.6. The van der Waals surface area contributed by atoms with Crippen LogP contribution in [0.25, 0.3) is 11.1 Å². The van der Waals surface area contributed by atoms with Crippen LogP contribution in [0.1, 0.15) is 46.3 Å². The van der Waals surface area contributed by atoms with Crippen LogP contribution < -0.4 is 4.74 Å². The Morgan fingerprint density at radius 2 is 1.85 bits per heavy atom. The minimum absolute atomic E-state index is 0.0914. The third-order valence-corrected chi connectivity index (χ3v) is 6.91. The van der Waals surface area contributed by atoms with Crippen LogP contribution in [0.15, 0.2) is 48.8 Å². The molecule has 178 valence electrons. The van der Waals surface area contributed by atoms with Gasteiger partial charge in [-0.25, -0.2) is 0 Å². The van der Waals surface area contributed by atoms with E-state index >= 15 is 0 Å². The Labute approximate surface area is 201 Å². The number of hydrogen-bond acceptors (Lipinski definition) is 5. The van der Waals surface area contributed by atoms with Gasteiger partial charge in [-0.3, -0.25) is 14.8 Å². The molecule has 0 spiro atoms. The van der Waals surface area contributed by atoms with Gasteiger partial charge in [0.25, 0.3) is 0 Å². The highest BCUT2D eigenvalue weighted by molar-refractivity contribution is 6.00. The average molecular weight is 460 g/mol. The summed E-state index contributed by atoms with van der Waals surface area (Å²) >= 11 is 0. The molecular weight excluding hydrogens is 426 g/mol. The number of ether oxygens (including phenoxy) is 2. The number of morpholine rings is 1. The van der Waals surface area contributed by atoms with Crippen molar-refractivity contribution >= 4 is 5.78 Å². The van der Waals surface area contributed by atoms with E-state index < -0.39 is 0 Å². The fourth-order valence-electron chi connectivity index (χ4n) is 4.92. The molecular formula is C28H33N3O3. The molecule has 0 saturated carbocycles. The molecule has 0 radical (unpaired) electrons. The van der Waals surface area contributed by atoms with Crippen molar-refractivity contribution in [1.29, 1.82) is 0 Å². The van der Waals surface area contributed by atoms with Gasteiger partial charge in [0.15, 0.2) is 5.78 Å². The van der Waals surface area contributed by atoms with Crippen molar-refractivity contribution < 1.29 is 14.3 Å². The van der Waals surface area contributed by atoms with Crippen LogP contribution in [0, 0.1) is 0 Å². The topological polar surface area (TPSA) is 67.5 Å². The first-order chi connectivity index (χ1) is 16.8. The third kappa shape index (κ3) is 5.57. The van der Waals surface area contributed by atoms with E-state index in [0.717, 1.165) is 62.4 Å². The lowest BCUT2D eigenvalue weighted by atomic mass is 9.95. The van der Waals surface area contributed by atoms with Gasteiger partial charge in [-0.1, -0.05) is 30.7 Å². The highest BCUT2D eigenvalue weighted by atomic mass is 16.5. The second-order valence-corrected chi connectivity index (χ2v) is 9.26. The van der Waals surface area contributed by atoms with Gasteiger partial charge in [0.2, 0.25) is 0 Å². The van der Waals surface area contributed by atoms with Gasteiger partial charge in [-0.05, 0) is 60.1 Å². The van der Waals surface area contributed by atoms with E-state index in [2.05, 4.69) is 33.3 Å². The van der Waals surface area contributed by atoms with Crippen molar-refractivity contribution in [2.45, 2.75) is 38.5 Å². The van der Waals surface area contributed by atoms with Gasteiger partial charge in [0.05, 0.1) is 25.0 Å². The maximum Gasteiger partial charge on any atom is 0.170 e. The van der Waals surface area contributed by atoms with Gasteiger partial charge < -0.3 is 9.47 Å². The number of carbonyl (C=O) groups is 1. The number of Topliss-reactive ketones (excluding diaryl/α,β-unsaturated/α-hetero) is 1. The fraction of sp³-hybridized carbons (Fsp3) is 0.429. The summed E-state index contributed by atoms with van der Waals surface area (Å²) in [5, 5.41) is 6.91. The molecule has 1 fully saturated rings. The lowest BCUT2D eigenvalue weighted by Gasteiger charge is -2.26. The van der Waals surface area contributed by atoms with Gasteiger partial charge in [0, 0.05) is 37.8 Å². The predicted molar refractivity (Wildman–Crippen MR) is 133 cm³/mol. The molecule has 0 atom stereocenters. The Morgan fingerprint density at radius 3 is 2.68 bits per heavy atom. The van der Waals surface area contributed by atoms with Crippen molar-refractivity contribution in [3.8, 4) is 16.9 Å². The van der Waals surface area contributed by atoms with E-state index in [1.165, 1.54) is 30.4 Å².